The van der Waals surface area contributed by atoms with Gasteiger partial charge in [0.1, 0.15) is 29.3 Å². The Labute approximate surface area is 271 Å². The highest BCUT2D eigenvalue weighted by atomic mass is 19.4. The SMILES string of the molecule is Cc1cc(C(F)(F)F)c(-c2ccc(CC(NC(=O)c3c(F)cc(N4CCOCC4C(F)(F)F)cc3F)C(=O)O)c3ncccc23)c(=O)n1C. The Morgan fingerprint density at radius 1 is 1.08 bits per heavy atom. The van der Waals surface area contributed by atoms with E-state index in [-0.39, 0.29) is 40.9 Å². The second kappa shape index (κ2) is 13.1. The van der Waals surface area contributed by atoms with Crippen LogP contribution in [0.3, 0.4) is 0 Å². The molecule has 1 aliphatic rings. The van der Waals surface area contributed by atoms with Crippen molar-refractivity contribution in [3.8, 4) is 11.1 Å². The molecular formula is C32H26F8N4O5. The molecule has 2 aromatic heterocycles. The summed E-state index contributed by atoms with van der Waals surface area (Å²) in [5, 5.41) is 11.9. The van der Waals surface area contributed by atoms with Crippen LogP contribution in [0.2, 0.25) is 0 Å². The number of carboxylic acid groups (broad SMARTS) is 1. The zero-order valence-electron chi connectivity index (χ0n) is 25.5. The standard InChI is InChI=1S/C32H26F8N4O5/c1-15-10-20(31(35,36)37)25(29(46)43(15)2)18-6-5-16(27-19(18)4-3-7-41-27)11-23(30(47)48)42-28(45)26-21(33)12-17(13-22(26)34)44-8-9-49-14-24(44)32(38,39)40/h3-7,10,12-13,23-24H,8-9,11,14H2,1-2H3,(H,42,45)(H,47,48). The number of nitrogens with one attached hydrogen (secondary N) is 1. The molecule has 4 aromatic rings. The lowest BCUT2D eigenvalue weighted by Crippen LogP contribution is -2.53. The van der Waals surface area contributed by atoms with Crippen molar-refractivity contribution in [2.45, 2.75) is 37.8 Å². The summed E-state index contributed by atoms with van der Waals surface area (Å²) in [6.45, 7) is 0.0361. The van der Waals surface area contributed by atoms with Gasteiger partial charge in [-0.15, -0.1) is 0 Å². The van der Waals surface area contributed by atoms with Gasteiger partial charge in [-0.05, 0) is 42.3 Å². The Kier molecular flexibility index (Phi) is 9.42. The van der Waals surface area contributed by atoms with Gasteiger partial charge in [0.05, 0.1) is 29.9 Å². The molecule has 0 bridgehead atoms. The van der Waals surface area contributed by atoms with Gasteiger partial charge in [0.15, 0.2) is 0 Å². The van der Waals surface area contributed by atoms with E-state index in [0.29, 0.717) is 17.0 Å². The normalized spacial score (nSPS) is 16.1. The third kappa shape index (κ3) is 6.93. The second-order valence-electron chi connectivity index (χ2n) is 11.3. The number of morpholine rings is 1. The molecule has 17 heteroatoms. The Bertz CT molecular complexity index is 1990. The maximum atomic E-state index is 15.1. The second-order valence-corrected chi connectivity index (χ2v) is 11.3. The molecule has 1 amide bonds. The van der Waals surface area contributed by atoms with Crippen LogP contribution in [0.5, 0.6) is 0 Å². The van der Waals surface area contributed by atoms with Crippen molar-refractivity contribution < 1.29 is 54.6 Å². The number of ether oxygens (including phenoxy) is 1. The number of halogens is 8. The number of hydrogen-bond donors (Lipinski definition) is 2. The van der Waals surface area contributed by atoms with E-state index in [4.69, 9.17) is 4.74 Å². The number of carboxylic acids is 1. The molecule has 0 radical (unpaired) electrons. The van der Waals surface area contributed by atoms with Crippen LogP contribution in [-0.2, 0) is 29.2 Å². The highest BCUT2D eigenvalue weighted by molar-refractivity contribution is 5.99. The van der Waals surface area contributed by atoms with E-state index in [1.54, 1.807) is 0 Å². The summed E-state index contributed by atoms with van der Waals surface area (Å²) in [6, 6.07) is 2.97. The average molecular weight is 699 g/mol. The number of carbonyl (C=O) groups is 2. The minimum absolute atomic E-state index is 0.0114. The number of aromatic nitrogens is 2. The Morgan fingerprint density at radius 2 is 1.76 bits per heavy atom. The molecule has 1 aliphatic heterocycles. The first-order valence-electron chi connectivity index (χ1n) is 14.5. The van der Waals surface area contributed by atoms with E-state index in [9.17, 15) is 45.8 Å². The maximum absolute atomic E-state index is 15.1. The highest BCUT2D eigenvalue weighted by Gasteiger charge is 2.46. The molecule has 0 aliphatic carbocycles. The smallest absolute Gasteiger partial charge is 0.417 e. The largest absolute Gasteiger partial charge is 0.480 e. The molecule has 2 aromatic carbocycles. The van der Waals surface area contributed by atoms with Gasteiger partial charge in [-0.2, -0.15) is 26.3 Å². The monoisotopic (exact) mass is 698 g/mol. The van der Waals surface area contributed by atoms with Crippen LogP contribution < -0.4 is 15.8 Å². The fraction of sp³-hybridized carbons (Fsp3) is 0.312. The predicted octanol–water partition coefficient (Wildman–Crippen LogP) is 5.40. The number of alkyl halides is 6. The zero-order valence-corrected chi connectivity index (χ0v) is 25.5. The van der Waals surface area contributed by atoms with Crippen LogP contribution in [0.15, 0.2) is 53.5 Å². The van der Waals surface area contributed by atoms with Crippen molar-refractivity contribution in [1.29, 1.82) is 0 Å². The number of hydrogen-bond acceptors (Lipinski definition) is 6. The molecule has 5 rings (SSSR count). The molecule has 9 nitrogen and oxygen atoms in total. The average Bonchev–Trinajstić information content (AvgIpc) is 3.02. The molecule has 2 unspecified atom stereocenters. The van der Waals surface area contributed by atoms with Gasteiger partial charge in [0.25, 0.3) is 11.5 Å². The van der Waals surface area contributed by atoms with Crippen LogP contribution in [-0.4, -0.2) is 64.6 Å². The first kappa shape index (κ1) is 35.3. The van der Waals surface area contributed by atoms with Crippen molar-refractivity contribution in [3.63, 3.8) is 0 Å². The topological polar surface area (TPSA) is 114 Å². The van der Waals surface area contributed by atoms with Crippen LogP contribution in [0.4, 0.5) is 40.8 Å². The van der Waals surface area contributed by atoms with Gasteiger partial charge in [0, 0.05) is 43.0 Å². The van der Waals surface area contributed by atoms with Gasteiger partial charge in [-0.3, -0.25) is 14.6 Å². The summed E-state index contributed by atoms with van der Waals surface area (Å²) in [4.78, 5) is 43.2. The molecule has 0 saturated carbocycles. The Morgan fingerprint density at radius 3 is 2.37 bits per heavy atom. The van der Waals surface area contributed by atoms with Gasteiger partial charge in [-0.25, -0.2) is 13.6 Å². The van der Waals surface area contributed by atoms with Crippen molar-refractivity contribution >= 4 is 28.5 Å². The number of fused-ring (bicyclic) bond motifs is 1. The lowest BCUT2D eigenvalue weighted by Gasteiger charge is -2.38. The first-order valence-corrected chi connectivity index (χ1v) is 14.5. The third-order valence-electron chi connectivity index (χ3n) is 8.22. The molecule has 3 heterocycles. The number of pyridine rings is 2. The summed E-state index contributed by atoms with van der Waals surface area (Å²) in [7, 11) is 1.30. The summed E-state index contributed by atoms with van der Waals surface area (Å²) < 4.78 is 119. The number of benzene rings is 2. The summed E-state index contributed by atoms with van der Waals surface area (Å²) in [5.74, 6) is -6.30. The lowest BCUT2D eigenvalue weighted by atomic mass is 9.93. The number of aryl methyl sites for hydroxylation is 1. The van der Waals surface area contributed by atoms with Crippen LogP contribution in [0.25, 0.3) is 22.0 Å². The zero-order chi connectivity index (χ0) is 36.0. The third-order valence-corrected chi connectivity index (χ3v) is 8.22. The minimum Gasteiger partial charge on any atom is -0.480 e. The fourth-order valence-electron chi connectivity index (χ4n) is 5.70. The van der Waals surface area contributed by atoms with Gasteiger partial charge < -0.3 is 24.6 Å². The molecular weight excluding hydrogens is 672 g/mol. The van der Waals surface area contributed by atoms with Gasteiger partial charge in [-0.1, -0.05) is 18.2 Å². The van der Waals surface area contributed by atoms with Gasteiger partial charge >= 0.3 is 18.3 Å². The lowest BCUT2D eigenvalue weighted by molar-refractivity contribution is -0.167. The number of aliphatic carboxylic acids is 1. The molecule has 1 saturated heterocycles. The van der Waals surface area contributed by atoms with Crippen LogP contribution in [0.1, 0.15) is 27.2 Å². The van der Waals surface area contributed by atoms with E-state index < -0.39 is 88.9 Å². The number of carbonyl (C=O) groups excluding carboxylic acids is 1. The molecule has 260 valence electrons. The number of rotatable bonds is 7. The molecule has 1 fully saturated rings. The van der Waals surface area contributed by atoms with Crippen LogP contribution >= 0.6 is 0 Å². The van der Waals surface area contributed by atoms with Gasteiger partial charge in [0.2, 0.25) is 0 Å². The number of nitrogens with zero attached hydrogens (tertiary/aromatic N) is 3. The Balaban J connectivity index is 1.48. The molecule has 0 spiro atoms. The van der Waals surface area contributed by atoms with E-state index in [2.05, 4.69) is 4.98 Å². The summed E-state index contributed by atoms with van der Waals surface area (Å²) in [5.41, 5.74) is -4.59. The summed E-state index contributed by atoms with van der Waals surface area (Å²) in [6.07, 6.45) is -9.02. The van der Waals surface area contributed by atoms with E-state index >= 15 is 8.78 Å². The van der Waals surface area contributed by atoms with Crippen LogP contribution in [0, 0.1) is 18.6 Å². The highest BCUT2D eigenvalue weighted by Crippen LogP contribution is 2.39. The van der Waals surface area contributed by atoms with Crippen molar-refractivity contribution in [2.24, 2.45) is 7.05 Å². The minimum atomic E-state index is -4.91. The number of anilines is 1. The predicted molar refractivity (Wildman–Crippen MR) is 159 cm³/mol. The number of amides is 1. The van der Waals surface area contributed by atoms with Crippen molar-refractivity contribution in [1.82, 2.24) is 14.9 Å². The van der Waals surface area contributed by atoms with Crippen molar-refractivity contribution in [3.05, 3.63) is 93.0 Å². The van der Waals surface area contributed by atoms with E-state index in [0.717, 1.165) is 10.6 Å². The first-order chi connectivity index (χ1) is 22.9. The van der Waals surface area contributed by atoms with E-state index in [1.807, 2.05) is 5.32 Å². The fourth-order valence-corrected chi connectivity index (χ4v) is 5.70. The van der Waals surface area contributed by atoms with E-state index in [1.165, 1.54) is 44.4 Å². The summed E-state index contributed by atoms with van der Waals surface area (Å²) >= 11 is 0. The quantitative estimate of drug-likeness (QED) is 0.249. The molecule has 2 N–H and O–H groups in total. The Hall–Kier alpha value is -5.06. The molecule has 2 atom stereocenters. The molecule has 49 heavy (non-hydrogen) atoms. The van der Waals surface area contributed by atoms with Crippen molar-refractivity contribution in [2.75, 3.05) is 24.7 Å². The maximum Gasteiger partial charge on any atom is 0.417 e.